The molecule has 3 atom stereocenters. The molecule has 92 valence electrons. The SMILES string of the molecule is CC(C)OC(=O)[C@H]1C[C@]2(C)CC[C@H]1C2(C)C. The minimum atomic E-state index is 0.0162. The van der Waals surface area contributed by atoms with Crippen LogP contribution in [0.15, 0.2) is 0 Å². The lowest BCUT2D eigenvalue weighted by Gasteiger charge is -2.34. The van der Waals surface area contributed by atoms with Gasteiger partial charge in [-0.05, 0) is 49.9 Å². The monoisotopic (exact) mass is 224 g/mol. The number of rotatable bonds is 2. The van der Waals surface area contributed by atoms with Crippen LogP contribution in [0.1, 0.15) is 53.9 Å². The third-order valence-corrected chi connectivity index (χ3v) is 5.30. The molecule has 0 aromatic heterocycles. The van der Waals surface area contributed by atoms with Gasteiger partial charge in [-0.3, -0.25) is 4.79 Å². The standard InChI is InChI=1S/C14H24O2/c1-9(2)16-12(15)10-8-14(5)7-6-11(10)13(14,3)4/h9-11H,6-8H2,1-5H3/t10-,11+,14-/m0/s1. The highest BCUT2D eigenvalue weighted by Crippen LogP contribution is 2.67. The van der Waals surface area contributed by atoms with Gasteiger partial charge < -0.3 is 4.74 Å². The molecule has 2 rings (SSSR count). The Labute approximate surface area is 98.7 Å². The highest BCUT2D eigenvalue weighted by atomic mass is 16.5. The first-order chi connectivity index (χ1) is 7.28. The van der Waals surface area contributed by atoms with E-state index in [-0.39, 0.29) is 18.0 Å². The fraction of sp³-hybridized carbons (Fsp3) is 0.929. The number of fused-ring (bicyclic) bond motifs is 2. The van der Waals surface area contributed by atoms with Gasteiger partial charge in [-0.2, -0.15) is 0 Å². The van der Waals surface area contributed by atoms with Crippen molar-refractivity contribution < 1.29 is 9.53 Å². The predicted molar refractivity (Wildman–Crippen MR) is 63.9 cm³/mol. The first-order valence-corrected chi connectivity index (χ1v) is 6.48. The third kappa shape index (κ3) is 1.49. The number of hydrogen-bond acceptors (Lipinski definition) is 2. The fourth-order valence-electron chi connectivity index (χ4n) is 3.87. The average Bonchev–Trinajstić information content (AvgIpc) is 2.47. The quantitative estimate of drug-likeness (QED) is 0.672. The van der Waals surface area contributed by atoms with Crippen molar-refractivity contribution in [3.63, 3.8) is 0 Å². The molecule has 0 heterocycles. The first kappa shape index (κ1) is 11.9. The van der Waals surface area contributed by atoms with Crippen molar-refractivity contribution >= 4 is 5.97 Å². The second kappa shape index (κ2) is 3.48. The number of esters is 1. The van der Waals surface area contributed by atoms with Gasteiger partial charge in [0.15, 0.2) is 0 Å². The maximum Gasteiger partial charge on any atom is 0.309 e. The van der Waals surface area contributed by atoms with Gasteiger partial charge in [-0.15, -0.1) is 0 Å². The number of carbonyl (C=O) groups is 1. The lowest BCUT2D eigenvalue weighted by Crippen LogP contribution is -2.28. The lowest BCUT2D eigenvalue weighted by molar-refractivity contribution is -0.154. The first-order valence-electron chi connectivity index (χ1n) is 6.48. The van der Waals surface area contributed by atoms with Crippen molar-refractivity contribution in [2.45, 2.75) is 60.0 Å². The molecule has 0 amide bonds. The van der Waals surface area contributed by atoms with Crippen LogP contribution in [0.3, 0.4) is 0 Å². The van der Waals surface area contributed by atoms with Crippen LogP contribution < -0.4 is 0 Å². The van der Waals surface area contributed by atoms with Crippen LogP contribution in [-0.2, 0) is 9.53 Å². The van der Waals surface area contributed by atoms with Crippen LogP contribution in [0.2, 0.25) is 0 Å². The molecule has 0 saturated heterocycles. The molecule has 0 aromatic rings. The van der Waals surface area contributed by atoms with Crippen LogP contribution in [0.5, 0.6) is 0 Å². The van der Waals surface area contributed by atoms with Crippen LogP contribution >= 0.6 is 0 Å². The zero-order valence-electron chi connectivity index (χ0n) is 11.2. The topological polar surface area (TPSA) is 26.3 Å². The van der Waals surface area contributed by atoms with Gasteiger partial charge >= 0.3 is 5.97 Å². The molecule has 2 fully saturated rings. The molecule has 2 bridgehead atoms. The summed E-state index contributed by atoms with van der Waals surface area (Å²) in [5.41, 5.74) is 0.645. The Bertz CT molecular complexity index is 303. The van der Waals surface area contributed by atoms with E-state index in [1.165, 1.54) is 12.8 Å². The van der Waals surface area contributed by atoms with E-state index in [2.05, 4.69) is 20.8 Å². The van der Waals surface area contributed by atoms with Crippen molar-refractivity contribution in [3.05, 3.63) is 0 Å². The predicted octanol–water partition coefficient (Wildman–Crippen LogP) is 3.40. The second-order valence-corrected chi connectivity index (χ2v) is 6.72. The van der Waals surface area contributed by atoms with Crippen molar-refractivity contribution in [1.82, 2.24) is 0 Å². The summed E-state index contributed by atoms with van der Waals surface area (Å²) in [6.45, 7) is 10.9. The maximum absolute atomic E-state index is 12.1. The van der Waals surface area contributed by atoms with Crippen molar-refractivity contribution in [3.8, 4) is 0 Å². The van der Waals surface area contributed by atoms with Crippen molar-refractivity contribution in [1.29, 1.82) is 0 Å². The van der Waals surface area contributed by atoms with E-state index in [0.29, 0.717) is 16.7 Å². The van der Waals surface area contributed by atoms with E-state index in [0.717, 1.165) is 6.42 Å². The van der Waals surface area contributed by atoms with E-state index in [1.54, 1.807) is 0 Å². The Kier molecular flexibility index (Phi) is 2.60. The zero-order chi connectivity index (χ0) is 12.1. The Morgan fingerprint density at radius 1 is 1.31 bits per heavy atom. The summed E-state index contributed by atoms with van der Waals surface area (Å²) < 4.78 is 5.39. The molecular weight excluding hydrogens is 200 g/mol. The maximum atomic E-state index is 12.1. The minimum absolute atomic E-state index is 0.0162. The Morgan fingerprint density at radius 2 is 1.94 bits per heavy atom. The van der Waals surface area contributed by atoms with Crippen LogP contribution in [0, 0.1) is 22.7 Å². The van der Waals surface area contributed by atoms with Crippen LogP contribution in [-0.4, -0.2) is 12.1 Å². The van der Waals surface area contributed by atoms with E-state index in [1.807, 2.05) is 13.8 Å². The fourth-order valence-corrected chi connectivity index (χ4v) is 3.87. The highest BCUT2D eigenvalue weighted by Gasteiger charge is 2.62. The van der Waals surface area contributed by atoms with Crippen molar-refractivity contribution in [2.24, 2.45) is 22.7 Å². The van der Waals surface area contributed by atoms with Crippen LogP contribution in [0.25, 0.3) is 0 Å². The largest absolute Gasteiger partial charge is 0.463 e. The zero-order valence-corrected chi connectivity index (χ0v) is 11.2. The van der Waals surface area contributed by atoms with Gasteiger partial charge in [0.05, 0.1) is 12.0 Å². The smallest absolute Gasteiger partial charge is 0.309 e. The van der Waals surface area contributed by atoms with E-state index in [9.17, 15) is 4.79 Å². The average molecular weight is 224 g/mol. The molecule has 0 aromatic carbocycles. The molecule has 0 N–H and O–H groups in total. The summed E-state index contributed by atoms with van der Waals surface area (Å²) >= 11 is 0. The molecule has 0 aliphatic heterocycles. The molecule has 16 heavy (non-hydrogen) atoms. The van der Waals surface area contributed by atoms with Gasteiger partial charge in [-0.25, -0.2) is 0 Å². The normalized spacial score (nSPS) is 40.4. The Hall–Kier alpha value is -0.530. The third-order valence-electron chi connectivity index (χ3n) is 5.30. The molecule has 0 radical (unpaired) electrons. The van der Waals surface area contributed by atoms with E-state index >= 15 is 0 Å². The Morgan fingerprint density at radius 3 is 2.31 bits per heavy atom. The molecule has 0 unspecified atom stereocenters. The van der Waals surface area contributed by atoms with Crippen molar-refractivity contribution in [2.75, 3.05) is 0 Å². The molecule has 0 spiro atoms. The van der Waals surface area contributed by atoms with E-state index in [4.69, 9.17) is 4.74 Å². The van der Waals surface area contributed by atoms with Gasteiger partial charge in [0.25, 0.3) is 0 Å². The Balaban J connectivity index is 2.15. The van der Waals surface area contributed by atoms with Gasteiger partial charge in [0, 0.05) is 0 Å². The molecule has 2 aliphatic rings. The van der Waals surface area contributed by atoms with Gasteiger partial charge in [-0.1, -0.05) is 20.8 Å². The summed E-state index contributed by atoms with van der Waals surface area (Å²) in [5.74, 6) is 0.719. The highest BCUT2D eigenvalue weighted by molar-refractivity contribution is 5.74. The summed E-state index contributed by atoms with van der Waals surface area (Å²) in [5, 5.41) is 0. The molecule has 2 aliphatic carbocycles. The summed E-state index contributed by atoms with van der Waals surface area (Å²) in [6, 6.07) is 0. The molecule has 2 nitrogen and oxygen atoms in total. The van der Waals surface area contributed by atoms with E-state index < -0.39 is 0 Å². The summed E-state index contributed by atoms with van der Waals surface area (Å²) in [4.78, 5) is 12.1. The molecule has 2 heteroatoms. The minimum Gasteiger partial charge on any atom is -0.463 e. The molecule has 2 saturated carbocycles. The number of ether oxygens (including phenoxy) is 1. The van der Waals surface area contributed by atoms with Gasteiger partial charge in [0.1, 0.15) is 0 Å². The summed E-state index contributed by atoms with van der Waals surface area (Å²) in [6.07, 6.45) is 3.51. The lowest BCUT2D eigenvalue weighted by atomic mass is 9.71. The van der Waals surface area contributed by atoms with Gasteiger partial charge in [0.2, 0.25) is 0 Å². The summed E-state index contributed by atoms with van der Waals surface area (Å²) in [7, 11) is 0. The number of carbonyl (C=O) groups excluding carboxylic acids is 1. The number of hydrogen-bond donors (Lipinski definition) is 0. The second-order valence-electron chi connectivity index (χ2n) is 6.72. The van der Waals surface area contributed by atoms with Crippen LogP contribution in [0.4, 0.5) is 0 Å². The molecular formula is C14H24O2.